The Hall–Kier alpha value is -2.43. The van der Waals surface area contributed by atoms with Crippen molar-refractivity contribution in [3.63, 3.8) is 0 Å². The number of carbonyl (C=O) groups is 1. The molecule has 0 bridgehead atoms. The van der Waals surface area contributed by atoms with Crippen molar-refractivity contribution < 1.29 is 17.6 Å². The Morgan fingerprint density at radius 3 is 2.63 bits per heavy atom. The number of fused-ring (bicyclic) bond motifs is 1. The smallest absolute Gasteiger partial charge is 0.245 e. The lowest BCUT2D eigenvalue weighted by atomic mass is 10.2. The van der Waals surface area contributed by atoms with Gasteiger partial charge in [-0.1, -0.05) is 25.1 Å². The molecule has 0 atom stereocenters. The van der Waals surface area contributed by atoms with Gasteiger partial charge < -0.3 is 5.32 Å². The van der Waals surface area contributed by atoms with E-state index in [9.17, 15) is 17.6 Å². The Morgan fingerprint density at radius 2 is 1.93 bits per heavy atom. The summed E-state index contributed by atoms with van der Waals surface area (Å²) in [4.78, 5) is 12.3. The first-order chi connectivity index (χ1) is 12.9. The van der Waals surface area contributed by atoms with Gasteiger partial charge in [0.2, 0.25) is 15.9 Å². The fourth-order valence-corrected chi connectivity index (χ4v) is 4.67. The van der Waals surface area contributed by atoms with Crippen molar-refractivity contribution in [3.8, 4) is 0 Å². The van der Waals surface area contributed by atoms with Crippen LogP contribution < -0.4 is 5.32 Å². The Morgan fingerprint density at radius 1 is 1.19 bits per heavy atom. The van der Waals surface area contributed by atoms with E-state index in [-0.39, 0.29) is 30.3 Å². The van der Waals surface area contributed by atoms with Crippen LogP contribution in [0.15, 0.2) is 47.4 Å². The molecule has 27 heavy (non-hydrogen) atoms. The second-order valence-corrected chi connectivity index (χ2v) is 8.16. The standard InChI is InChI=1S/C17H17FN4O3S2/c1-2-22(11-16(23)19-10-12-6-8-13(18)9-7-12)27(24,25)15-5-3-4-14-17(15)21-26-20-14/h3-9H,2,10-11H2,1H3,(H,19,23). The Kier molecular flexibility index (Phi) is 5.78. The molecule has 0 saturated heterocycles. The van der Waals surface area contributed by atoms with Crippen LogP contribution in [0, 0.1) is 5.82 Å². The molecule has 0 saturated carbocycles. The predicted octanol–water partition coefficient (Wildman–Crippen LogP) is 2.16. The van der Waals surface area contributed by atoms with E-state index >= 15 is 0 Å². The Bertz CT molecular complexity index is 1050. The van der Waals surface area contributed by atoms with Crippen molar-refractivity contribution in [2.24, 2.45) is 0 Å². The SMILES string of the molecule is CCN(CC(=O)NCc1ccc(F)cc1)S(=O)(=O)c1cccc2nsnc12. The largest absolute Gasteiger partial charge is 0.351 e. The van der Waals surface area contributed by atoms with Gasteiger partial charge in [-0.3, -0.25) is 4.79 Å². The van der Waals surface area contributed by atoms with Gasteiger partial charge in [-0.2, -0.15) is 13.1 Å². The molecule has 142 valence electrons. The van der Waals surface area contributed by atoms with Gasteiger partial charge in [0.15, 0.2) is 0 Å². The minimum Gasteiger partial charge on any atom is -0.351 e. The number of rotatable bonds is 7. The summed E-state index contributed by atoms with van der Waals surface area (Å²) < 4.78 is 48.0. The summed E-state index contributed by atoms with van der Waals surface area (Å²) >= 11 is 0.934. The molecule has 0 aliphatic carbocycles. The van der Waals surface area contributed by atoms with Gasteiger partial charge in [0, 0.05) is 13.1 Å². The maximum atomic E-state index is 13.0. The van der Waals surface area contributed by atoms with E-state index in [2.05, 4.69) is 14.1 Å². The third-order valence-electron chi connectivity index (χ3n) is 3.94. The number of aromatic nitrogens is 2. The van der Waals surface area contributed by atoms with Gasteiger partial charge in [-0.25, -0.2) is 12.8 Å². The number of nitrogens with one attached hydrogen (secondary N) is 1. The van der Waals surface area contributed by atoms with Crippen molar-refractivity contribution in [1.82, 2.24) is 18.4 Å². The first-order valence-corrected chi connectivity index (χ1v) is 10.3. The molecular formula is C17H17FN4O3S2. The summed E-state index contributed by atoms with van der Waals surface area (Å²) in [5.74, 6) is -0.813. The molecule has 1 heterocycles. The molecule has 0 aliphatic rings. The highest BCUT2D eigenvalue weighted by molar-refractivity contribution is 7.89. The second kappa shape index (κ2) is 8.07. The minimum atomic E-state index is -3.90. The molecule has 0 aliphatic heterocycles. The van der Waals surface area contributed by atoms with Crippen LogP contribution in [0.25, 0.3) is 11.0 Å². The molecule has 1 amide bonds. The molecule has 1 aromatic heterocycles. The molecule has 1 N–H and O–H groups in total. The van der Waals surface area contributed by atoms with Crippen LogP contribution in [0.1, 0.15) is 12.5 Å². The molecular weight excluding hydrogens is 391 g/mol. The van der Waals surface area contributed by atoms with Gasteiger partial charge in [0.25, 0.3) is 0 Å². The third kappa shape index (κ3) is 4.29. The van der Waals surface area contributed by atoms with Gasteiger partial charge in [0.1, 0.15) is 21.7 Å². The van der Waals surface area contributed by atoms with Gasteiger partial charge in [-0.05, 0) is 29.8 Å². The fraction of sp³-hybridized carbons (Fsp3) is 0.235. The molecule has 7 nitrogen and oxygen atoms in total. The molecule has 3 rings (SSSR count). The lowest BCUT2D eigenvalue weighted by molar-refractivity contribution is -0.121. The highest BCUT2D eigenvalue weighted by atomic mass is 32.2. The summed E-state index contributed by atoms with van der Waals surface area (Å²) in [6, 6.07) is 10.4. The average molecular weight is 408 g/mol. The summed E-state index contributed by atoms with van der Waals surface area (Å²) in [5, 5.41) is 2.65. The average Bonchev–Trinajstić information content (AvgIpc) is 3.14. The maximum Gasteiger partial charge on any atom is 0.245 e. The first-order valence-electron chi connectivity index (χ1n) is 8.14. The van der Waals surface area contributed by atoms with E-state index in [4.69, 9.17) is 0 Å². The summed E-state index contributed by atoms with van der Waals surface area (Å²) in [5.41, 5.74) is 1.51. The lowest BCUT2D eigenvalue weighted by Crippen LogP contribution is -2.40. The molecule has 0 spiro atoms. The van der Waals surface area contributed by atoms with Crippen molar-refractivity contribution >= 4 is 38.7 Å². The topological polar surface area (TPSA) is 92.3 Å². The quantitative estimate of drug-likeness (QED) is 0.647. The summed E-state index contributed by atoms with van der Waals surface area (Å²) in [6.45, 7) is 1.64. The fourth-order valence-electron chi connectivity index (χ4n) is 2.51. The number of carbonyl (C=O) groups excluding carboxylic acids is 1. The van der Waals surface area contributed by atoms with Gasteiger partial charge in [-0.15, -0.1) is 0 Å². The van der Waals surface area contributed by atoms with Crippen LogP contribution in [-0.2, 0) is 21.4 Å². The van der Waals surface area contributed by atoms with E-state index in [1.165, 1.54) is 18.2 Å². The van der Waals surface area contributed by atoms with Crippen LogP contribution in [-0.4, -0.2) is 40.5 Å². The zero-order valence-electron chi connectivity index (χ0n) is 14.4. The zero-order valence-corrected chi connectivity index (χ0v) is 16.1. The molecule has 0 unspecified atom stereocenters. The Labute approximate surface area is 160 Å². The van der Waals surface area contributed by atoms with Gasteiger partial charge >= 0.3 is 0 Å². The highest BCUT2D eigenvalue weighted by Gasteiger charge is 2.28. The van der Waals surface area contributed by atoms with Crippen LogP contribution in [0.4, 0.5) is 4.39 Å². The molecule has 0 fully saturated rings. The maximum absolute atomic E-state index is 13.0. The van der Waals surface area contributed by atoms with Crippen LogP contribution in [0.5, 0.6) is 0 Å². The minimum absolute atomic E-state index is 0.0296. The number of likely N-dealkylation sites (N-methyl/N-ethyl adjacent to an activating group) is 1. The number of hydrogen-bond donors (Lipinski definition) is 1. The van der Waals surface area contributed by atoms with E-state index in [1.54, 1.807) is 31.2 Å². The summed E-state index contributed by atoms with van der Waals surface area (Å²) in [7, 11) is -3.90. The van der Waals surface area contributed by atoms with Crippen LogP contribution in [0.2, 0.25) is 0 Å². The summed E-state index contributed by atoms with van der Waals surface area (Å²) in [6.07, 6.45) is 0. The second-order valence-electron chi connectivity index (χ2n) is 5.72. The number of halogens is 1. The third-order valence-corrected chi connectivity index (χ3v) is 6.44. The highest BCUT2D eigenvalue weighted by Crippen LogP contribution is 2.24. The Balaban J connectivity index is 1.73. The number of benzene rings is 2. The van der Waals surface area contributed by atoms with Crippen LogP contribution in [0.3, 0.4) is 0 Å². The predicted molar refractivity (Wildman–Crippen MR) is 100 cm³/mol. The van der Waals surface area contributed by atoms with Crippen LogP contribution >= 0.6 is 11.7 Å². The van der Waals surface area contributed by atoms with Crippen molar-refractivity contribution in [2.45, 2.75) is 18.4 Å². The first kappa shape index (κ1) is 19.3. The number of nitrogens with zero attached hydrogens (tertiary/aromatic N) is 3. The van der Waals surface area contributed by atoms with E-state index in [1.807, 2.05) is 0 Å². The van der Waals surface area contributed by atoms with Crippen molar-refractivity contribution in [2.75, 3.05) is 13.1 Å². The number of sulfonamides is 1. The van der Waals surface area contributed by atoms with E-state index in [0.717, 1.165) is 16.0 Å². The van der Waals surface area contributed by atoms with Gasteiger partial charge in [0.05, 0.1) is 18.3 Å². The normalized spacial score (nSPS) is 11.8. The van der Waals surface area contributed by atoms with Crippen molar-refractivity contribution in [1.29, 1.82) is 0 Å². The molecule has 3 aromatic rings. The zero-order chi connectivity index (χ0) is 19.4. The molecule has 2 aromatic carbocycles. The van der Waals surface area contributed by atoms with Crippen molar-refractivity contribution in [3.05, 3.63) is 53.8 Å². The van der Waals surface area contributed by atoms with E-state index in [0.29, 0.717) is 16.6 Å². The molecule has 0 radical (unpaired) electrons. The van der Waals surface area contributed by atoms with E-state index < -0.39 is 15.9 Å². The number of amides is 1. The monoisotopic (exact) mass is 408 g/mol. The number of hydrogen-bond acceptors (Lipinski definition) is 6. The lowest BCUT2D eigenvalue weighted by Gasteiger charge is -2.20. The molecule has 10 heteroatoms.